The third kappa shape index (κ3) is 4.87. The van der Waals surface area contributed by atoms with Crippen LogP contribution >= 0.6 is 0 Å². The summed E-state index contributed by atoms with van der Waals surface area (Å²) in [5.41, 5.74) is 3.40. The van der Waals surface area contributed by atoms with Gasteiger partial charge in [0.25, 0.3) is 0 Å². The van der Waals surface area contributed by atoms with Crippen molar-refractivity contribution in [3.05, 3.63) is 42.6 Å². The molecule has 2 aliphatic heterocycles. The van der Waals surface area contributed by atoms with Gasteiger partial charge in [-0.25, -0.2) is 9.97 Å². The van der Waals surface area contributed by atoms with Gasteiger partial charge in [-0.1, -0.05) is 6.07 Å². The largest absolute Gasteiger partial charge is 0.497 e. The van der Waals surface area contributed by atoms with Crippen molar-refractivity contribution in [2.75, 3.05) is 50.7 Å². The van der Waals surface area contributed by atoms with E-state index >= 15 is 0 Å². The van der Waals surface area contributed by atoms with E-state index in [0.717, 1.165) is 56.2 Å². The minimum absolute atomic E-state index is 0.101. The molecule has 0 amide bonds. The van der Waals surface area contributed by atoms with Crippen molar-refractivity contribution in [2.24, 2.45) is 0 Å². The minimum atomic E-state index is 0.101. The number of nitrogens with zero attached hydrogens (tertiary/aromatic N) is 4. The van der Waals surface area contributed by atoms with Crippen LogP contribution in [0.1, 0.15) is 40.5 Å². The van der Waals surface area contributed by atoms with E-state index in [1.165, 1.54) is 16.5 Å². The van der Waals surface area contributed by atoms with Crippen molar-refractivity contribution in [1.29, 1.82) is 0 Å². The molecule has 0 spiro atoms. The van der Waals surface area contributed by atoms with Gasteiger partial charge in [-0.05, 0) is 83.3 Å². The zero-order valence-electron chi connectivity index (χ0n) is 22.5. The monoisotopic (exact) mass is 489 g/mol. The molecule has 7 nitrogen and oxygen atoms in total. The van der Waals surface area contributed by atoms with E-state index in [1.54, 1.807) is 7.11 Å². The number of anilines is 2. The van der Waals surface area contributed by atoms with Gasteiger partial charge in [-0.15, -0.1) is 0 Å². The third-order valence-corrected chi connectivity index (χ3v) is 8.08. The first kappa shape index (κ1) is 24.8. The predicted molar refractivity (Wildman–Crippen MR) is 147 cm³/mol. The molecule has 1 aromatic heterocycles. The summed E-state index contributed by atoms with van der Waals surface area (Å²) in [6.07, 6.45) is 3.95. The number of hydrogen-bond donors (Lipinski definition) is 1. The van der Waals surface area contributed by atoms with Crippen molar-refractivity contribution in [3.63, 3.8) is 0 Å². The molecule has 5 rings (SSSR count). The van der Waals surface area contributed by atoms with Crippen LogP contribution in [-0.2, 0) is 4.74 Å². The van der Waals surface area contributed by atoms with E-state index in [2.05, 4.69) is 79.1 Å². The van der Waals surface area contributed by atoms with Gasteiger partial charge in [0.2, 0.25) is 5.95 Å². The summed E-state index contributed by atoms with van der Waals surface area (Å²) in [6, 6.07) is 13.1. The van der Waals surface area contributed by atoms with Crippen molar-refractivity contribution >= 4 is 22.4 Å². The summed E-state index contributed by atoms with van der Waals surface area (Å²) in [5, 5.41) is 6.01. The van der Waals surface area contributed by atoms with Gasteiger partial charge < -0.3 is 19.7 Å². The standard InChI is InChI=1S/C29H39N5O2/c1-28(2)18-22(19-29(3,4)33(28)5)31-27-30-10-9-25(32-27)21-15-20-7-8-23(35-6)17-24(20)26(16-21)34-11-13-36-14-12-34/h7-10,15-17,22H,11-14,18-19H2,1-6H3,(H,30,31,32). The number of fused-ring (bicyclic) bond motifs is 1. The normalized spacial score (nSPS) is 20.4. The zero-order valence-corrected chi connectivity index (χ0v) is 22.5. The van der Waals surface area contributed by atoms with E-state index in [0.29, 0.717) is 12.0 Å². The summed E-state index contributed by atoms with van der Waals surface area (Å²) in [5.74, 6) is 1.55. The molecular weight excluding hydrogens is 450 g/mol. The number of methoxy groups -OCH3 is 1. The molecule has 0 aliphatic carbocycles. The fourth-order valence-corrected chi connectivity index (χ4v) is 5.90. The number of nitrogens with one attached hydrogen (secondary N) is 1. The lowest BCUT2D eigenvalue weighted by Gasteiger charge is -2.53. The maximum atomic E-state index is 5.62. The van der Waals surface area contributed by atoms with Crippen LogP contribution < -0.4 is 15.0 Å². The fourth-order valence-electron chi connectivity index (χ4n) is 5.90. The summed E-state index contributed by atoms with van der Waals surface area (Å²) in [6.45, 7) is 12.5. The first-order valence-corrected chi connectivity index (χ1v) is 12.9. The molecule has 192 valence electrons. The SMILES string of the molecule is COc1ccc2cc(-c3ccnc(NC4CC(C)(C)N(C)C(C)(C)C4)n3)cc(N3CCOCC3)c2c1. The van der Waals surface area contributed by atoms with Crippen molar-refractivity contribution in [2.45, 2.75) is 57.7 Å². The number of ether oxygens (including phenoxy) is 2. The molecule has 3 heterocycles. The van der Waals surface area contributed by atoms with Crippen molar-refractivity contribution in [3.8, 4) is 17.0 Å². The summed E-state index contributed by atoms with van der Waals surface area (Å²) in [4.78, 5) is 14.5. The van der Waals surface area contributed by atoms with E-state index < -0.39 is 0 Å². The quantitative estimate of drug-likeness (QED) is 0.528. The molecule has 0 unspecified atom stereocenters. The van der Waals surface area contributed by atoms with Crippen LogP contribution in [0.15, 0.2) is 42.6 Å². The smallest absolute Gasteiger partial charge is 0.223 e. The number of rotatable bonds is 5. The van der Waals surface area contributed by atoms with Crippen molar-refractivity contribution < 1.29 is 9.47 Å². The molecule has 7 heteroatoms. The van der Waals surface area contributed by atoms with E-state index in [9.17, 15) is 0 Å². The Morgan fingerprint density at radius 1 is 1.00 bits per heavy atom. The molecule has 3 aromatic rings. The number of likely N-dealkylation sites (tertiary alicyclic amines) is 1. The Kier molecular flexibility index (Phi) is 6.55. The first-order valence-electron chi connectivity index (χ1n) is 12.9. The molecule has 1 N–H and O–H groups in total. The van der Waals surface area contributed by atoms with Crippen LogP contribution in [0.4, 0.5) is 11.6 Å². The van der Waals surface area contributed by atoms with E-state index in [1.807, 2.05) is 18.3 Å². The second-order valence-corrected chi connectivity index (χ2v) is 11.4. The van der Waals surface area contributed by atoms with Crippen LogP contribution in [0.3, 0.4) is 0 Å². The zero-order chi connectivity index (χ0) is 25.5. The van der Waals surface area contributed by atoms with Gasteiger partial charge in [-0.3, -0.25) is 4.90 Å². The van der Waals surface area contributed by atoms with Crippen LogP contribution in [0.5, 0.6) is 5.75 Å². The highest BCUT2D eigenvalue weighted by molar-refractivity contribution is 5.98. The van der Waals surface area contributed by atoms with Crippen LogP contribution in [-0.4, -0.2) is 72.4 Å². The van der Waals surface area contributed by atoms with Crippen LogP contribution in [0.25, 0.3) is 22.0 Å². The highest BCUT2D eigenvalue weighted by Gasteiger charge is 2.43. The highest BCUT2D eigenvalue weighted by Crippen LogP contribution is 2.38. The van der Waals surface area contributed by atoms with Gasteiger partial charge in [0.1, 0.15) is 5.75 Å². The highest BCUT2D eigenvalue weighted by atomic mass is 16.5. The Bertz CT molecular complexity index is 1220. The molecule has 2 saturated heterocycles. The van der Waals surface area contributed by atoms with Crippen molar-refractivity contribution in [1.82, 2.24) is 14.9 Å². The molecule has 36 heavy (non-hydrogen) atoms. The molecule has 0 radical (unpaired) electrons. The van der Waals surface area contributed by atoms with Crippen LogP contribution in [0.2, 0.25) is 0 Å². The third-order valence-electron chi connectivity index (χ3n) is 8.08. The molecule has 2 aliphatic rings. The Morgan fingerprint density at radius 3 is 2.42 bits per heavy atom. The average molecular weight is 490 g/mol. The molecule has 2 fully saturated rings. The Hall–Kier alpha value is -2.90. The second kappa shape index (κ2) is 9.52. The maximum Gasteiger partial charge on any atom is 0.223 e. The average Bonchev–Trinajstić information content (AvgIpc) is 2.86. The first-order chi connectivity index (χ1) is 17.2. The topological polar surface area (TPSA) is 62.8 Å². The lowest BCUT2D eigenvalue weighted by Crippen LogP contribution is -2.61. The second-order valence-electron chi connectivity index (χ2n) is 11.4. The molecule has 2 aromatic carbocycles. The molecule has 0 saturated carbocycles. The summed E-state index contributed by atoms with van der Waals surface area (Å²) in [7, 11) is 3.95. The summed E-state index contributed by atoms with van der Waals surface area (Å²) < 4.78 is 11.1. The minimum Gasteiger partial charge on any atom is -0.497 e. The molecule has 0 bridgehead atoms. The lowest BCUT2D eigenvalue weighted by molar-refractivity contribution is -0.00778. The summed E-state index contributed by atoms with van der Waals surface area (Å²) >= 11 is 0. The van der Waals surface area contributed by atoms with Gasteiger partial charge in [0, 0.05) is 53.0 Å². The number of piperidine rings is 1. The molecule has 0 atom stereocenters. The Morgan fingerprint density at radius 2 is 1.72 bits per heavy atom. The lowest BCUT2D eigenvalue weighted by atomic mass is 9.77. The molecular formula is C29H39N5O2. The number of aromatic nitrogens is 2. The number of morpholine rings is 1. The van der Waals surface area contributed by atoms with Gasteiger partial charge >= 0.3 is 0 Å². The number of benzene rings is 2. The Balaban J connectivity index is 1.48. The van der Waals surface area contributed by atoms with Gasteiger partial charge in [-0.2, -0.15) is 0 Å². The maximum absolute atomic E-state index is 5.62. The van der Waals surface area contributed by atoms with Gasteiger partial charge in [0.15, 0.2) is 0 Å². The van der Waals surface area contributed by atoms with Gasteiger partial charge in [0.05, 0.1) is 26.0 Å². The van der Waals surface area contributed by atoms with E-state index in [4.69, 9.17) is 14.5 Å². The number of hydrogen-bond acceptors (Lipinski definition) is 7. The van der Waals surface area contributed by atoms with E-state index in [-0.39, 0.29) is 11.1 Å². The van der Waals surface area contributed by atoms with Crippen LogP contribution in [0, 0.1) is 0 Å². The predicted octanol–water partition coefficient (Wildman–Crippen LogP) is 5.21. The fraction of sp³-hybridized carbons (Fsp3) is 0.517. The Labute approximate surface area is 214 Å².